The van der Waals surface area contributed by atoms with Gasteiger partial charge in [-0.25, -0.2) is 0 Å². The lowest BCUT2D eigenvalue weighted by Crippen LogP contribution is -2.02. The minimum Gasteiger partial charge on any atom is -0.398 e. The van der Waals surface area contributed by atoms with Crippen molar-refractivity contribution in [3.05, 3.63) is 63.1 Å². The Bertz CT molecular complexity index is 601. The molecule has 19 heavy (non-hydrogen) atoms. The van der Waals surface area contributed by atoms with Gasteiger partial charge in [0.2, 0.25) is 0 Å². The van der Waals surface area contributed by atoms with Gasteiger partial charge in [-0.15, -0.1) is 0 Å². The number of hydrogen-bond acceptors (Lipinski definition) is 2. The van der Waals surface area contributed by atoms with Crippen molar-refractivity contribution in [2.24, 2.45) is 0 Å². The smallest absolute Gasteiger partial charge is 0.0509 e. The van der Waals surface area contributed by atoms with Gasteiger partial charge in [0, 0.05) is 31.7 Å². The van der Waals surface area contributed by atoms with Crippen LogP contribution >= 0.6 is 27.5 Å². The lowest BCUT2D eigenvalue weighted by molar-refractivity contribution is 0.682. The van der Waals surface area contributed by atoms with Crippen LogP contribution in [0.25, 0.3) is 0 Å². The molecule has 0 amide bonds. The second-order valence-electron chi connectivity index (χ2n) is 4.20. The maximum absolute atomic E-state index is 12.1. The molecule has 0 spiro atoms. The number of halogens is 2. The molecule has 100 valence electrons. The lowest BCUT2D eigenvalue weighted by atomic mass is 10.2. The average molecular weight is 359 g/mol. The number of benzene rings is 2. The average Bonchev–Trinajstić information content (AvgIpc) is 2.36. The largest absolute Gasteiger partial charge is 0.398 e. The summed E-state index contributed by atoms with van der Waals surface area (Å²) in [5.74, 6) is 0.967. The predicted octanol–water partition coefficient (Wildman–Crippen LogP) is 4.13. The summed E-state index contributed by atoms with van der Waals surface area (Å²) in [6.45, 7) is 0. The molecule has 2 aromatic rings. The summed E-state index contributed by atoms with van der Waals surface area (Å²) in [5.41, 5.74) is 8.49. The van der Waals surface area contributed by atoms with Crippen molar-refractivity contribution in [1.29, 1.82) is 0 Å². The molecule has 0 saturated heterocycles. The minimum atomic E-state index is -0.984. The van der Waals surface area contributed by atoms with Gasteiger partial charge in [-0.05, 0) is 35.4 Å². The molecular weight excluding hydrogens is 346 g/mol. The van der Waals surface area contributed by atoms with E-state index >= 15 is 0 Å². The van der Waals surface area contributed by atoms with Gasteiger partial charge < -0.3 is 5.73 Å². The monoisotopic (exact) mass is 357 g/mol. The zero-order valence-corrected chi connectivity index (χ0v) is 13.3. The van der Waals surface area contributed by atoms with Crippen LogP contribution in [0.4, 0.5) is 5.69 Å². The van der Waals surface area contributed by atoms with Crippen LogP contribution < -0.4 is 5.73 Å². The summed E-state index contributed by atoms with van der Waals surface area (Å²) in [6.07, 6.45) is 0. The van der Waals surface area contributed by atoms with Gasteiger partial charge in [0.05, 0.1) is 5.75 Å². The quantitative estimate of drug-likeness (QED) is 0.835. The first-order valence-electron chi connectivity index (χ1n) is 5.68. The third kappa shape index (κ3) is 4.34. The Kier molecular flexibility index (Phi) is 5.02. The zero-order valence-electron chi connectivity index (χ0n) is 10.1. The van der Waals surface area contributed by atoms with Crippen LogP contribution in [0.5, 0.6) is 0 Å². The van der Waals surface area contributed by atoms with Gasteiger partial charge in [-0.1, -0.05) is 45.7 Å². The number of nitrogen functional groups attached to an aromatic ring is 1. The van der Waals surface area contributed by atoms with Crippen LogP contribution in [0.15, 0.2) is 46.9 Å². The molecule has 2 aromatic carbocycles. The van der Waals surface area contributed by atoms with Crippen molar-refractivity contribution in [3.63, 3.8) is 0 Å². The molecule has 0 saturated carbocycles. The third-order valence-electron chi connectivity index (χ3n) is 2.67. The standard InChI is InChI=1S/C14H13BrClNOS/c15-12-4-3-11(14(17)7-12)9-19(18)8-10-1-5-13(16)6-2-10/h1-7H,8-9,17H2. The summed E-state index contributed by atoms with van der Waals surface area (Å²) in [6, 6.07) is 13.0. The van der Waals surface area contributed by atoms with Crippen LogP contribution in [0.2, 0.25) is 5.02 Å². The molecule has 5 heteroatoms. The molecule has 0 heterocycles. The highest BCUT2D eigenvalue weighted by molar-refractivity contribution is 9.10. The van der Waals surface area contributed by atoms with E-state index in [2.05, 4.69) is 15.9 Å². The molecule has 2 nitrogen and oxygen atoms in total. The van der Waals surface area contributed by atoms with Crippen molar-refractivity contribution in [2.75, 3.05) is 5.73 Å². The van der Waals surface area contributed by atoms with Gasteiger partial charge in [-0.2, -0.15) is 0 Å². The summed E-state index contributed by atoms with van der Waals surface area (Å²) < 4.78 is 13.0. The fourth-order valence-corrected chi connectivity index (χ4v) is 3.47. The van der Waals surface area contributed by atoms with Crippen LogP contribution in [0.1, 0.15) is 11.1 Å². The van der Waals surface area contributed by atoms with Crippen molar-refractivity contribution in [3.8, 4) is 0 Å². The molecule has 1 atom stereocenters. The van der Waals surface area contributed by atoms with Crippen molar-refractivity contribution >= 4 is 44.0 Å². The zero-order chi connectivity index (χ0) is 13.8. The number of nitrogens with two attached hydrogens (primary N) is 1. The van der Waals surface area contributed by atoms with Crippen molar-refractivity contribution in [1.82, 2.24) is 0 Å². The Labute approximate surface area is 128 Å². The Morgan fingerprint density at radius 1 is 1.11 bits per heavy atom. The van der Waals surface area contributed by atoms with Crippen LogP contribution in [0, 0.1) is 0 Å². The maximum atomic E-state index is 12.1. The molecule has 0 fully saturated rings. The highest BCUT2D eigenvalue weighted by Crippen LogP contribution is 2.21. The summed E-state index contributed by atoms with van der Waals surface area (Å²) in [7, 11) is -0.984. The van der Waals surface area contributed by atoms with Crippen molar-refractivity contribution in [2.45, 2.75) is 11.5 Å². The van der Waals surface area contributed by atoms with E-state index in [0.29, 0.717) is 22.2 Å². The number of rotatable bonds is 4. The molecule has 0 bridgehead atoms. The van der Waals surface area contributed by atoms with Crippen LogP contribution in [-0.2, 0) is 22.3 Å². The topological polar surface area (TPSA) is 43.1 Å². The van der Waals surface area contributed by atoms with E-state index in [9.17, 15) is 4.21 Å². The van der Waals surface area contributed by atoms with E-state index in [1.54, 1.807) is 0 Å². The number of anilines is 1. The van der Waals surface area contributed by atoms with Gasteiger partial charge in [0.15, 0.2) is 0 Å². The van der Waals surface area contributed by atoms with E-state index in [0.717, 1.165) is 15.6 Å². The molecule has 2 N–H and O–H groups in total. The highest BCUT2D eigenvalue weighted by atomic mass is 79.9. The number of hydrogen-bond donors (Lipinski definition) is 1. The van der Waals surface area contributed by atoms with E-state index in [1.165, 1.54) is 0 Å². The maximum Gasteiger partial charge on any atom is 0.0509 e. The molecule has 0 aliphatic carbocycles. The highest BCUT2D eigenvalue weighted by Gasteiger charge is 2.07. The summed E-state index contributed by atoms with van der Waals surface area (Å²) in [5, 5.41) is 0.687. The second kappa shape index (κ2) is 6.55. The normalized spacial score (nSPS) is 12.3. The summed E-state index contributed by atoms with van der Waals surface area (Å²) >= 11 is 9.17. The fourth-order valence-electron chi connectivity index (χ4n) is 1.69. The van der Waals surface area contributed by atoms with E-state index in [1.807, 2.05) is 42.5 Å². The van der Waals surface area contributed by atoms with E-state index < -0.39 is 10.8 Å². The Morgan fingerprint density at radius 2 is 1.79 bits per heavy atom. The fraction of sp³-hybridized carbons (Fsp3) is 0.143. The molecular formula is C14H13BrClNOS. The van der Waals surface area contributed by atoms with Crippen molar-refractivity contribution < 1.29 is 4.21 Å². The first kappa shape index (κ1) is 14.6. The first-order valence-corrected chi connectivity index (χ1v) is 8.34. The Hall–Kier alpha value is -0.840. The molecule has 0 aliphatic rings. The lowest BCUT2D eigenvalue weighted by Gasteiger charge is -2.06. The molecule has 0 aliphatic heterocycles. The van der Waals surface area contributed by atoms with Crippen LogP contribution in [0.3, 0.4) is 0 Å². The van der Waals surface area contributed by atoms with Gasteiger partial charge >= 0.3 is 0 Å². The van der Waals surface area contributed by atoms with E-state index in [4.69, 9.17) is 17.3 Å². The second-order valence-corrected chi connectivity index (χ2v) is 7.01. The van der Waals surface area contributed by atoms with E-state index in [-0.39, 0.29) is 0 Å². The third-order valence-corrected chi connectivity index (χ3v) is 4.70. The molecule has 0 radical (unpaired) electrons. The van der Waals surface area contributed by atoms with Gasteiger partial charge in [-0.3, -0.25) is 4.21 Å². The van der Waals surface area contributed by atoms with Gasteiger partial charge in [0.1, 0.15) is 0 Å². The Morgan fingerprint density at radius 3 is 2.42 bits per heavy atom. The van der Waals surface area contributed by atoms with Crippen LogP contribution in [-0.4, -0.2) is 4.21 Å². The Balaban J connectivity index is 2.03. The SMILES string of the molecule is Nc1cc(Br)ccc1CS(=O)Cc1ccc(Cl)cc1. The molecule has 1 unspecified atom stereocenters. The summed E-state index contributed by atoms with van der Waals surface area (Å²) in [4.78, 5) is 0. The first-order chi connectivity index (χ1) is 9.04. The molecule has 0 aromatic heterocycles. The minimum absolute atomic E-state index is 0.460. The van der Waals surface area contributed by atoms with Gasteiger partial charge in [0.25, 0.3) is 0 Å². The molecule has 2 rings (SSSR count). The predicted molar refractivity (Wildman–Crippen MR) is 85.6 cm³/mol.